The van der Waals surface area contributed by atoms with Gasteiger partial charge in [-0.25, -0.2) is 12.8 Å². The minimum Gasteiger partial charge on any atom is -0.480 e. The predicted octanol–water partition coefficient (Wildman–Crippen LogP) is 1.81. The number of carboxylic acids is 1. The van der Waals surface area contributed by atoms with E-state index in [1.54, 1.807) is 0 Å². The predicted molar refractivity (Wildman–Crippen MR) is 70.7 cm³/mol. The highest BCUT2D eigenvalue weighted by atomic mass is 32.2. The van der Waals surface area contributed by atoms with Crippen LogP contribution in [0.4, 0.5) is 4.39 Å². The van der Waals surface area contributed by atoms with E-state index in [2.05, 4.69) is 0 Å². The van der Waals surface area contributed by atoms with Gasteiger partial charge in [-0.05, 0) is 31.0 Å². The first-order chi connectivity index (χ1) is 9.89. The second-order valence-electron chi connectivity index (χ2n) is 4.86. The molecule has 6 nitrogen and oxygen atoms in total. The number of hydrogen-bond acceptors (Lipinski definition) is 4. The minimum atomic E-state index is -4.04. The molecule has 1 fully saturated rings. The summed E-state index contributed by atoms with van der Waals surface area (Å²) in [6.07, 6.45) is 0.745. The Kier molecular flexibility index (Phi) is 3.22. The third-order valence-corrected chi connectivity index (χ3v) is 5.27. The summed E-state index contributed by atoms with van der Waals surface area (Å²) in [6, 6.07) is 3.79. The Hall–Kier alpha value is -1.93. The fraction of sp³-hybridized carbons (Fsp3) is 0.308. The molecule has 1 aliphatic rings. The fourth-order valence-electron chi connectivity index (χ4n) is 2.51. The van der Waals surface area contributed by atoms with Crippen LogP contribution in [0.2, 0.25) is 0 Å². The Labute approximate surface area is 119 Å². The van der Waals surface area contributed by atoms with Gasteiger partial charge in [0.2, 0.25) is 5.09 Å². The molecule has 1 aromatic heterocycles. The molecule has 1 N–H and O–H groups in total. The molecule has 0 radical (unpaired) electrons. The van der Waals surface area contributed by atoms with Gasteiger partial charge in [0.05, 0.1) is 0 Å². The lowest BCUT2D eigenvalue weighted by atomic mass is 10.2. The molecule has 0 unspecified atom stereocenters. The third kappa shape index (κ3) is 2.30. The van der Waals surface area contributed by atoms with Gasteiger partial charge in [-0.2, -0.15) is 4.31 Å². The van der Waals surface area contributed by atoms with Gasteiger partial charge in [-0.1, -0.05) is 0 Å². The van der Waals surface area contributed by atoms with Crippen LogP contribution in [0, 0.1) is 5.82 Å². The normalized spacial score (nSPS) is 20.1. The molecule has 8 heteroatoms. The summed E-state index contributed by atoms with van der Waals surface area (Å²) in [7, 11) is -4.04. The lowest BCUT2D eigenvalue weighted by Crippen LogP contribution is -2.40. The second-order valence-corrected chi connectivity index (χ2v) is 6.68. The SMILES string of the molecule is O=C(O)[C@@H]1CCCN1S(=O)(=O)c1cc2cc(F)ccc2o1. The molecular weight excluding hydrogens is 301 g/mol. The van der Waals surface area contributed by atoms with Gasteiger partial charge in [-0.3, -0.25) is 4.79 Å². The van der Waals surface area contributed by atoms with Crippen LogP contribution in [0.25, 0.3) is 11.0 Å². The summed E-state index contributed by atoms with van der Waals surface area (Å²) >= 11 is 0. The van der Waals surface area contributed by atoms with Crippen molar-refractivity contribution in [2.45, 2.75) is 24.0 Å². The first-order valence-electron chi connectivity index (χ1n) is 6.33. The molecule has 0 bridgehead atoms. The Morgan fingerprint density at radius 1 is 1.38 bits per heavy atom. The molecule has 2 aromatic rings. The number of furan rings is 1. The molecule has 1 aromatic carbocycles. The van der Waals surface area contributed by atoms with Crippen molar-refractivity contribution in [2.24, 2.45) is 0 Å². The highest BCUT2D eigenvalue weighted by Gasteiger charge is 2.41. The number of sulfonamides is 1. The molecule has 0 saturated carbocycles. The van der Waals surface area contributed by atoms with Crippen LogP contribution in [0.5, 0.6) is 0 Å². The Morgan fingerprint density at radius 2 is 2.14 bits per heavy atom. The van der Waals surface area contributed by atoms with Crippen molar-refractivity contribution < 1.29 is 27.1 Å². The van der Waals surface area contributed by atoms with E-state index in [0.717, 1.165) is 16.4 Å². The van der Waals surface area contributed by atoms with E-state index in [9.17, 15) is 17.6 Å². The summed E-state index contributed by atoms with van der Waals surface area (Å²) in [5.74, 6) is -1.69. The maximum atomic E-state index is 13.1. The Balaban J connectivity index is 2.05. The fourth-order valence-corrected chi connectivity index (χ4v) is 4.11. The maximum Gasteiger partial charge on any atom is 0.322 e. The summed E-state index contributed by atoms with van der Waals surface area (Å²) in [5.41, 5.74) is 0.237. The Bertz CT molecular complexity index is 813. The van der Waals surface area contributed by atoms with Crippen LogP contribution in [0.15, 0.2) is 33.8 Å². The van der Waals surface area contributed by atoms with E-state index in [1.807, 2.05) is 0 Å². The first kappa shape index (κ1) is 14.0. The number of halogens is 1. The molecule has 0 spiro atoms. The van der Waals surface area contributed by atoms with Gasteiger partial charge in [0.25, 0.3) is 10.0 Å². The zero-order chi connectivity index (χ0) is 15.2. The van der Waals surface area contributed by atoms with E-state index in [0.29, 0.717) is 11.8 Å². The Morgan fingerprint density at radius 3 is 2.86 bits per heavy atom. The van der Waals surface area contributed by atoms with E-state index < -0.39 is 27.9 Å². The van der Waals surface area contributed by atoms with Crippen molar-refractivity contribution in [3.63, 3.8) is 0 Å². The van der Waals surface area contributed by atoms with Crippen LogP contribution in [-0.4, -0.2) is 36.4 Å². The van der Waals surface area contributed by atoms with Gasteiger partial charge < -0.3 is 9.52 Å². The summed E-state index contributed by atoms with van der Waals surface area (Å²) in [6.45, 7) is 0.130. The molecule has 21 heavy (non-hydrogen) atoms. The van der Waals surface area contributed by atoms with Crippen LogP contribution in [0.1, 0.15) is 12.8 Å². The molecule has 0 aliphatic carbocycles. The number of rotatable bonds is 3. The molecule has 0 amide bonds. The van der Waals surface area contributed by atoms with Crippen molar-refractivity contribution >= 4 is 27.0 Å². The monoisotopic (exact) mass is 313 g/mol. The first-order valence-corrected chi connectivity index (χ1v) is 7.77. The lowest BCUT2D eigenvalue weighted by Gasteiger charge is -2.19. The largest absolute Gasteiger partial charge is 0.480 e. The topological polar surface area (TPSA) is 87.8 Å². The van der Waals surface area contributed by atoms with E-state index in [4.69, 9.17) is 9.52 Å². The van der Waals surface area contributed by atoms with Crippen molar-refractivity contribution in [1.29, 1.82) is 0 Å². The van der Waals surface area contributed by atoms with Crippen molar-refractivity contribution in [3.8, 4) is 0 Å². The molecule has 1 atom stereocenters. The zero-order valence-corrected chi connectivity index (χ0v) is 11.6. The molecule has 1 saturated heterocycles. The summed E-state index contributed by atoms with van der Waals surface area (Å²) < 4.78 is 44.2. The highest BCUT2D eigenvalue weighted by molar-refractivity contribution is 7.89. The van der Waals surface area contributed by atoms with Gasteiger partial charge in [0.1, 0.15) is 17.4 Å². The molecular formula is C13H12FNO5S. The van der Waals surface area contributed by atoms with Crippen LogP contribution < -0.4 is 0 Å². The average molecular weight is 313 g/mol. The number of benzene rings is 1. The van der Waals surface area contributed by atoms with Crippen LogP contribution in [0.3, 0.4) is 0 Å². The van der Waals surface area contributed by atoms with Gasteiger partial charge in [-0.15, -0.1) is 0 Å². The van der Waals surface area contributed by atoms with E-state index in [-0.39, 0.29) is 23.6 Å². The molecule has 112 valence electrons. The number of hydrogen-bond donors (Lipinski definition) is 1. The maximum absolute atomic E-state index is 13.1. The van der Waals surface area contributed by atoms with E-state index >= 15 is 0 Å². The quantitative estimate of drug-likeness (QED) is 0.933. The number of nitrogens with zero attached hydrogens (tertiary/aromatic N) is 1. The number of carbonyl (C=O) groups is 1. The third-order valence-electron chi connectivity index (χ3n) is 3.51. The molecule has 2 heterocycles. The van der Waals surface area contributed by atoms with Gasteiger partial charge in [0, 0.05) is 18.0 Å². The minimum absolute atomic E-state index is 0.130. The van der Waals surface area contributed by atoms with Gasteiger partial charge in [0.15, 0.2) is 0 Å². The van der Waals surface area contributed by atoms with E-state index in [1.165, 1.54) is 12.1 Å². The molecule has 1 aliphatic heterocycles. The number of aliphatic carboxylic acids is 1. The zero-order valence-electron chi connectivity index (χ0n) is 10.8. The van der Waals surface area contributed by atoms with Crippen LogP contribution in [-0.2, 0) is 14.8 Å². The summed E-state index contributed by atoms with van der Waals surface area (Å²) in [5, 5.41) is 9.04. The smallest absolute Gasteiger partial charge is 0.322 e. The highest BCUT2D eigenvalue weighted by Crippen LogP contribution is 2.30. The van der Waals surface area contributed by atoms with Crippen molar-refractivity contribution in [3.05, 3.63) is 30.1 Å². The standard InChI is InChI=1S/C13H12FNO5S/c14-9-3-4-11-8(6-9)7-12(20-11)21(18,19)15-5-1-2-10(15)13(16)17/h3-4,6-7,10H,1-2,5H2,(H,16,17)/t10-/m0/s1. The average Bonchev–Trinajstić information content (AvgIpc) is 3.04. The van der Waals surface area contributed by atoms with Crippen molar-refractivity contribution in [2.75, 3.05) is 6.54 Å². The number of fused-ring (bicyclic) bond motifs is 1. The van der Waals surface area contributed by atoms with Crippen LogP contribution >= 0.6 is 0 Å². The van der Waals surface area contributed by atoms with Crippen molar-refractivity contribution in [1.82, 2.24) is 4.31 Å². The second kappa shape index (κ2) is 4.81. The van der Waals surface area contributed by atoms with Gasteiger partial charge >= 0.3 is 5.97 Å². The number of carboxylic acid groups (broad SMARTS) is 1. The summed E-state index contributed by atoms with van der Waals surface area (Å²) in [4.78, 5) is 11.1. The molecule has 3 rings (SSSR count). The lowest BCUT2D eigenvalue weighted by molar-refractivity contribution is -0.140.